The van der Waals surface area contributed by atoms with Gasteiger partial charge < -0.3 is 9.84 Å². The van der Waals surface area contributed by atoms with Crippen LogP contribution in [0.3, 0.4) is 0 Å². The fourth-order valence-electron chi connectivity index (χ4n) is 2.79. The molecule has 0 radical (unpaired) electrons. The van der Waals surface area contributed by atoms with Crippen molar-refractivity contribution in [1.82, 2.24) is 0 Å². The molecule has 2 atom stereocenters. The van der Waals surface area contributed by atoms with E-state index in [9.17, 15) is 27.9 Å². The zero-order valence-corrected chi connectivity index (χ0v) is 13.7. The van der Waals surface area contributed by atoms with Gasteiger partial charge >= 0.3 is 18.1 Å². The molecule has 1 aromatic carbocycles. The van der Waals surface area contributed by atoms with Gasteiger partial charge in [-0.1, -0.05) is 43.2 Å². The Bertz CT molecular complexity index is 582. The van der Waals surface area contributed by atoms with Gasteiger partial charge in [0.05, 0.1) is 11.8 Å². The van der Waals surface area contributed by atoms with Crippen LogP contribution in [-0.4, -0.2) is 23.2 Å². The first kappa shape index (κ1) is 19.3. The van der Waals surface area contributed by atoms with Gasteiger partial charge in [0.1, 0.15) is 6.61 Å². The van der Waals surface area contributed by atoms with Crippen molar-refractivity contribution in [1.29, 1.82) is 0 Å². The predicted octanol–water partition coefficient (Wildman–Crippen LogP) is 4.19. The van der Waals surface area contributed by atoms with E-state index in [0.29, 0.717) is 0 Å². The number of esters is 1. The van der Waals surface area contributed by atoms with Gasteiger partial charge in [0.15, 0.2) is 0 Å². The van der Waals surface area contributed by atoms with Crippen LogP contribution in [0, 0.1) is 17.8 Å². The van der Waals surface area contributed by atoms with Crippen molar-refractivity contribution in [3.05, 3.63) is 35.9 Å². The van der Waals surface area contributed by atoms with Crippen LogP contribution in [0.15, 0.2) is 30.3 Å². The number of carbonyl (C=O) groups is 2. The molecule has 0 unspecified atom stereocenters. The summed E-state index contributed by atoms with van der Waals surface area (Å²) in [5.74, 6) is -4.35. The van der Waals surface area contributed by atoms with Crippen LogP contribution in [0.4, 0.5) is 13.2 Å². The van der Waals surface area contributed by atoms with E-state index < -0.39 is 42.8 Å². The molecule has 25 heavy (non-hydrogen) atoms. The average Bonchev–Trinajstić information content (AvgIpc) is 3.35. The van der Waals surface area contributed by atoms with E-state index in [-0.39, 0.29) is 18.9 Å². The summed E-state index contributed by atoms with van der Waals surface area (Å²) in [5, 5.41) is 9.33. The lowest BCUT2D eigenvalue weighted by molar-refractivity contribution is -0.164. The Morgan fingerprint density at radius 1 is 1.16 bits per heavy atom. The Morgan fingerprint density at radius 3 is 2.32 bits per heavy atom. The van der Waals surface area contributed by atoms with Crippen molar-refractivity contribution >= 4 is 11.9 Å². The minimum absolute atomic E-state index is 0.0214. The van der Waals surface area contributed by atoms with Crippen LogP contribution in [0.25, 0.3) is 0 Å². The Morgan fingerprint density at radius 2 is 1.80 bits per heavy atom. The second kappa shape index (κ2) is 8.36. The summed E-state index contributed by atoms with van der Waals surface area (Å²) in [7, 11) is 0. The Kier molecular flexibility index (Phi) is 6.45. The number of alkyl halides is 3. The number of carboxylic acids is 1. The number of rotatable bonds is 9. The normalized spacial score (nSPS) is 16.9. The minimum atomic E-state index is -4.45. The number of benzene rings is 1. The molecule has 4 nitrogen and oxygen atoms in total. The van der Waals surface area contributed by atoms with E-state index in [0.717, 1.165) is 18.4 Å². The van der Waals surface area contributed by atoms with Crippen LogP contribution < -0.4 is 0 Å². The molecule has 0 aromatic heterocycles. The fraction of sp³-hybridized carbons (Fsp3) is 0.556. The molecule has 0 heterocycles. The van der Waals surface area contributed by atoms with Crippen LogP contribution in [0.1, 0.15) is 37.7 Å². The van der Waals surface area contributed by atoms with Crippen LogP contribution in [-0.2, 0) is 20.9 Å². The van der Waals surface area contributed by atoms with E-state index in [2.05, 4.69) is 0 Å². The van der Waals surface area contributed by atoms with Crippen molar-refractivity contribution in [3.63, 3.8) is 0 Å². The number of hydrogen-bond donors (Lipinski definition) is 1. The Labute approximate surface area is 144 Å². The Hall–Kier alpha value is -2.05. The van der Waals surface area contributed by atoms with Crippen molar-refractivity contribution in [2.75, 3.05) is 0 Å². The largest absolute Gasteiger partial charge is 0.481 e. The third-order valence-electron chi connectivity index (χ3n) is 4.35. The number of hydrogen-bond acceptors (Lipinski definition) is 3. The molecular weight excluding hydrogens is 337 g/mol. The second-order valence-corrected chi connectivity index (χ2v) is 6.48. The fourth-order valence-corrected chi connectivity index (χ4v) is 2.79. The van der Waals surface area contributed by atoms with Crippen molar-refractivity contribution in [3.8, 4) is 0 Å². The molecule has 0 saturated heterocycles. The lowest BCUT2D eigenvalue weighted by atomic mass is 9.84. The summed E-state index contributed by atoms with van der Waals surface area (Å²) in [4.78, 5) is 23.8. The van der Waals surface area contributed by atoms with Gasteiger partial charge in [0.2, 0.25) is 0 Å². The highest BCUT2D eigenvalue weighted by atomic mass is 19.4. The molecule has 1 aliphatic carbocycles. The monoisotopic (exact) mass is 358 g/mol. The van der Waals surface area contributed by atoms with E-state index in [1.165, 1.54) is 0 Å². The van der Waals surface area contributed by atoms with Crippen LogP contribution >= 0.6 is 0 Å². The highest BCUT2D eigenvalue weighted by molar-refractivity contribution is 5.81. The molecule has 0 bridgehead atoms. The van der Waals surface area contributed by atoms with Gasteiger partial charge in [0, 0.05) is 6.42 Å². The minimum Gasteiger partial charge on any atom is -0.481 e. The van der Waals surface area contributed by atoms with Crippen molar-refractivity contribution < 1.29 is 32.6 Å². The first-order chi connectivity index (χ1) is 11.8. The molecular formula is C18H21F3O4. The maximum absolute atomic E-state index is 12.5. The third kappa shape index (κ3) is 6.76. The first-order valence-corrected chi connectivity index (χ1v) is 8.26. The van der Waals surface area contributed by atoms with Gasteiger partial charge in [-0.2, -0.15) is 13.2 Å². The lowest BCUT2D eigenvalue weighted by Gasteiger charge is -2.23. The van der Waals surface area contributed by atoms with Gasteiger partial charge in [-0.25, -0.2) is 0 Å². The average molecular weight is 358 g/mol. The molecule has 1 aliphatic rings. The van der Waals surface area contributed by atoms with E-state index in [1.54, 1.807) is 30.3 Å². The number of carboxylic acid groups (broad SMARTS) is 1. The highest BCUT2D eigenvalue weighted by Gasteiger charge is 2.41. The second-order valence-electron chi connectivity index (χ2n) is 6.48. The summed E-state index contributed by atoms with van der Waals surface area (Å²) >= 11 is 0. The maximum Gasteiger partial charge on any atom is 0.389 e. The van der Waals surface area contributed by atoms with E-state index in [4.69, 9.17) is 4.74 Å². The highest BCUT2D eigenvalue weighted by Crippen LogP contribution is 2.40. The zero-order valence-electron chi connectivity index (χ0n) is 13.7. The predicted molar refractivity (Wildman–Crippen MR) is 83.5 cm³/mol. The zero-order chi connectivity index (χ0) is 18.4. The number of carbonyl (C=O) groups excluding carboxylic acids is 1. The van der Waals surface area contributed by atoms with Gasteiger partial charge in [0.25, 0.3) is 0 Å². The topological polar surface area (TPSA) is 63.6 Å². The lowest BCUT2D eigenvalue weighted by Crippen LogP contribution is -2.33. The molecule has 1 aromatic rings. The summed E-state index contributed by atoms with van der Waals surface area (Å²) in [6.45, 7) is -0.0214. The molecule has 0 aliphatic heterocycles. The van der Waals surface area contributed by atoms with Crippen molar-refractivity contribution in [2.24, 2.45) is 17.8 Å². The molecule has 0 amide bonds. The molecule has 1 saturated carbocycles. The van der Waals surface area contributed by atoms with Gasteiger partial charge in [-0.05, 0) is 24.3 Å². The smallest absolute Gasteiger partial charge is 0.389 e. The van der Waals surface area contributed by atoms with Gasteiger partial charge in [-0.15, -0.1) is 0 Å². The first-order valence-electron chi connectivity index (χ1n) is 8.26. The maximum atomic E-state index is 12.5. The van der Waals surface area contributed by atoms with Crippen LogP contribution in [0.5, 0.6) is 0 Å². The van der Waals surface area contributed by atoms with E-state index >= 15 is 0 Å². The van der Waals surface area contributed by atoms with Gasteiger partial charge in [-0.3, -0.25) is 9.59 Å². The van der Waals surface area contributed by atoms with E-state index in [1.807, 2.05) is 0 Å². The van der Waals surface area contributed by atoms with Crippen molar-refractivity contribution in [2.45, 2.75) is 44.9 Å². The molecule has 1 N–H and O–H groups in total. The summed E-state index contributed by atoms with van der Waals surface area (Å²) in [5.41, 5.74) is 0.739. The summed E-state index contributed by atoms with van der Waals surface area (Å²) in [6.07, 6.45) is -4.29. The molecule has 138 valence electrons. The molecule has 2 rings (SSSR count). The summed E-state index contributed by atoms with van der Waals surface area (Å²) < 4.78 is 42.6. The quantitative estimate of drug-likeness (QED) is 0.673. The Balaban J connectivity index is 2.03. The molecule has 1 fully saturated rings. The molecule has 7 heteroatoms. The van der Waals surface area contributed by atoms with Crippen LogP contribution in [0.2, 0.25) is 0 Å². The summed E-state index contributed by atoms with van der Waals surface area (Å²) in [6, 6.07) is 8.85. The molecule has 0 spiro atoms. The number of aliphatic carboxylic acids is 1. The number of ether oxygens (including phenoxy) is 1. The SMILES string of the molecule is O=C(O)[C@@H](CCC(F)(F)F)[C@@H](CC1CC1)C(=O)OCc1ccccc1. The standard InChI is InChI=1S/C18H21F3O4/c19-18(20,21)9-8-14(16(22)23)15(10-12-6-7-12)17(24)25-11-13-4-2-1-3-5-13/h1-5,12,14-15H,6-11H2,(H,22,23)/t14-,15+/m0/s1. The third-order valence-corrected chi connectivity index (χ3v) is 4.35. The number of halogens is 3.